The summed E-state index contributed by atoms with van der Waals surface area (Å²) in [7, 11) is 0. The van der Waals surface area contributed by atoms with Crippen molar-refractivity contribution in [3.05, 3.63) is 54.6 Å². The SMILES string of the molecule is CCn1cc(-c2cc(C(=O)N3C[C@@H]4CC[C@H](Oc5ccccc5)[C@@H]4C3)on2)cn1. The van der Waals surface area contributed by atoms with Crippen molar-refractivity contribution >= 4 is 5.91 Å². The maximum Gasteiger partial charge on any atom is 0.292 e. The van der Waals surface area contributed by atoms with E-state index in [4.69, 9.17) is 9.26 Å². The minimum atomic E-state index is -0.0977. The van der Waals surface area contributed by atoms with Gasteiger partial charge < -0.3 is 14.2 Å². The summed E-state index contributed by atoms with van der Waals surface area (Å²) in [5, 5.41) is 8.32. The van der Waals surface area contributed by atoms with Crippen molar-refractivity contribution in [1.29, 1.82) is 0 Å². The van der Waals surface area contributed by atoms with E-state index in [-0.39, 0.29) is 17.8 Å². The van der Waals surface area contributed by atoms with E-state index in [2.05, 4.69) is 10.3 Å². The molecular weight excluding hydrogens is 368 g/mol. The molecule has 5 rings (SSSR count). The number of ether oxygens (including phenoxy) is 1. The Morgan fingerprint density at radius 2 is 2.10 bits per heavy atom. The molecule has 0 radical (unpaired) electrons. The molecule has 2 fully saturated rings. The lowest BCUT2D eigenvalue weighted by molar-refractivity contribution is 0.0721. The van der Waals surface area contributed by atoms with Gasteiger partial charge in [-0.25, -0.2) is 0 Å². The summed E-state index contributed by atoms with van der Waals surface area (Å²) in [5.74, 6) is 1.93. The maximum absolute atomic E-state index is 13.0. The molecule has 7 nitrogen and oxygen atoms in total. The second-order valence-electron chi connectivity index (χ2n) is 7.84. The van der Waals surface area contributed by atoms with Gasteiger partial charge in [-0.3, -0.25) is 9.48 Å². The van der Waals surface area contributed by atoms with Crippen LogP contribution in [0.1, 0.15) is 30.3 Å². The molecule has 0 unspecified atom stereocenters. The first-order chi connectivity index (χ1) is 14.2. The molecule has 3 heterocycles. The number of aryl methyl sites for hydroxylation is 1. The number of hydrogen-bond donors (Lipinski definition) is 0. The fourth-order valence-electron chi connectivity index (χ4n) is 4.54. The van der Waals surface area contributed by atoms with Gasteiger partial charge in [-0.15, -0.1) is 0 Å². The quantitative estimate of drug-likeness (QED) is 0.665. The summed E-state index contributed by atoms with van der Waals surface area (Å²) in [6.45, 7) is 4.26. The van der Waals surface area contributed by atoms with Gasteiger partial charge in [-0.1, -0.05) is 23.4 Å². The minimum absolute atomic E-state index is 0.0977. The number of carbonyl (C=O) groups is 1. The van der Waals surface area contributed by atoms with E-state index in [1.165, 1.54) is 0 Å². The predicted octanol–water partition coefficient (Wildman–Crippen LogP) is 3.49. The number of hydrogen-bond acceptors (Lipinski definition) is 5. The highest BCUT2D eigenvalue weighted by atomic mass is 16.5. The van der Waals surface area contributed by atoms with Crippen LogP contribution >= 0.6 is 0 Å². The van der Waals surface area contributed by atoms with Gasteiger partial charge in [0.2, 0.25) is 5.76 Å². The number of aromatic nitrogens is 3. The van der Waals surface area contributed by atoms with Crippen LogP contribution in [0.4, 0.5) is 0 Å². The Balaban J connectivity index is 1.26. The largest absolute Gasteiger partial charge is 0.490 e. The second-order valence-corrected chi connectivity index (χ2v) is 7.84. The van der Waals surface area contributed by atoms with E-state index in [0.717, 1.165) is 37.2 Å². The van der Waals surface area contributed by atoms with Crippen molar-refractivity contribution in [3.8, 4) is 17.0 Å². The Bertz CT molecular complexity index is 996. The molecule has 7 heteroatoms. The van der Waals surface area contributed by atoms with E-state index >= 15 is 0 Å². The van der Waals surface area contributed by atoms with Gasteiger partial charge in [0.1, 0.15) is 17.5 Å². The zero-order valence-electron chi connectivity index (χ0n) is 16.4. The molecular formula is C22H24N4O3. The predicted molar refractivity (Wildman–Crippen MR) is 106 cm³/mol. The first kappa shape index (κ1) is 18.0. The lowest BCUT2D eigenvalue weighted by Crippen LogP contribution is -2.32. The molecule has 2 aromatic heterocycles. The number of carbonyl (C=O) groups excluding carboxylic acids is 1. The molecule has 150 valence electrons. The van der Waals surface area contributed by atoms with Crippen LogP contribution < -0.4 is 4.74 Å². The highest BCUT2D eigenvalue weighted by Crippen LogP contribution is 2.40. The van der Waals surface area contributed by atoms with Gasteiger partial charge in [0.15, 0.2) is 0 Å². The van der Waals surface area contributed by atoms with E-state index in [9.17, 15) is 4.79 Å². The summed E-state index contributed by atoms with van der Waals surface area (Å²) in [5.41, 5.74) is 1.49. The number of rotatable bonds is 5. The van der Waals surface area contributed by atoms with Crippen molar-refractivity contribution in [2.45, 2.75) is 32.4 Å². The highest BCUT2D eigenvalue weighted by Gasteiger charge is 2.45. The molecule has 2 aliphatic rings. The number of para-hydroxylation sites is 1. The Kier molecular flexibility index (Phi) is 4.58. The summed E-state index contributed by atoms with van der Waals surface area (Å²) in [4.78, 5) is 14.9. The van der Waals surface area contributed by atoms with Crippen LogP contribution in [0.15, 0.2) is 53.3 Å². The van der Waals surface area contributed by atoms with Gasteiger partial charge in [0.25, 0.3) is 5.91 Å². The van der Waals surface area contributed by atoms with Crippen molar-refractivity contribution in [2.24, 2.45) is 11.8 Å². The number of nitrogens with zero attached hydrogens (tertiary/aromatic N) is 4. The molecule has 3 atom stereocenters. The van der Waals surface area contributed by atoms with Crippen LogP contribution in [0.25, 0.3) is 11.3 Å². The van der Waals surface area contributed by atoms with E-state index in [1.807, 2.05) is 53.0 Å². The molecule has 0 N–H and O–H groups in total. The average Bonchev–Trinajstić information content (AvgIpc) is 3.52. The Morgan fingerprint density at radius 3 is 2.90 bits per heavy atom. The molecule has 1 saturated heterocycles. The standard InChI is InChI=1S/C22H24N4O3/c1-2-26-13-16(11-23-26)19-10-21(29-24-19)22(27)25-12-15-8-9-20(18(15)14-25)28-17-6-4-3-5-7-17/h3-7,10-11,13,15,18,20H,2,8-9,12,14H2,1H3/t15-,18+,20-/m0/s1. The second kappa shape index (κ2) is 7.39. The Hall–Kier alpha value is -3.09. The monoisotopic (exact) mass is 392 g/mol. The van der Waals surface area contributed by atoms with E-state index in [0.29, 0.717) is 24.1 Å². The summed E-state index contributed by atoms with van der Waals surface area (Å²) in [6.07, 6.45) is 5.92. The lowest BCUT2D eigenvalue weighted by Gasteiger charge is -2.21. The molecule has 1 aliphatic heterocycles. The van der Waals surface area contributed by atoms with Gasteiger partial charge in [-0.2, -0.15) is 5.10 Å². The Labute approximate surface area is 169 Å². The van der Waals surface area contributed by atoms with Crippen LogP contribution in [0.5, 0.6) is 5.75 Å². The number of fused-ring (bicyclic) bond motifs is 1. The highest BCUT2D eigenvalue weighted by molar-refractivity contribution is 5.92. The molecule has 29 heavy (non-hydrogen) atoms. The Morgan fingerprint density at radius 1 is 1.24 bits per heavy atom. The van der Waals surface area contributed by atoms with Crippen molar-refractivity contribution in [2.75, 3.05) is 13.1 Å². The van der Waals surface area contributed by atoms with Crippen LogP contribution in [0.2, 0.25) is 0 Å². The fraction of sp³-hybridized carbons (Fsp3) is 0.409. The van der Waals surface area contributed by atoms with Crippen LogP contribution in [-0.2, 0) is 6.54 Å². The minimum Gasteiger partial charge on any atom is -0.490 e. The van der Waals surface area contributed by atoms with Crippen molar-refractivity contribution in [1.82, 2.24) is 19.8 Å². The molecule has 1 saturated carbocycles. The topological polar surface area (TPSA) is 73.4 Å². The van der Waals surface area contributed by atoms with Gasteiger partial charge in [0, 0.05) is 43.4 Å². The van der Waals surface area contributed by atoms with Crippen LogP contribution in [-0.4, -0.2) is 44.9 Å². The normalized spacial score (nSPS) is 23.3. The summed E-state index contributed by atoms with van der Waals surface area (Å²) in [6, 6.07) is 11.6. The van der Waals surface area contributed by atoms with Crippen molar-refractivity contribution in [3.63, 3.8) is 0 Å². The first-order valence-corrected chi connectivity index (χ1v) is 10.2. The average molecular weight is 392 g/mol. The van der Waals surface area contributed by atoms with E-state index in [1.54, 1.807) is 12.3 Å². The zero-order chi connectivity index (χ0) is 19.8. The summed E-state index contributed by atoms with van der Waals surface area (Å²) < 4.78 is 13.4. The van der Waals surface area contributed by atoms with E-state index < -0.39 is 0 Å². The smallest absolute Gasteiger partial charge is 0.292 e. The molecule has 1 aliphatic carbocycles. The molecule has 0 bridgehead atoms. The molecule has 1 aromatic carbocycles. The first-order valence-electron chi connectivity index (χ1n) is 10.2. The molecule has 3 aromatic rings. The maximum atomic E-state index is 13.0. The van der Waals surface area contributed by atoms with Gasteiger partial charge >= 0.3 is 0 Å². The third-order valence-corrected chi connectivity index (χ3v) is 6.08. The number of benzene rings is 1. The number of amides is 1. The van der Waals surface area contributed by atoms with Gasteiger partial charge in [-0.05, 0) is 37.8 Å². The van der Waals surface area contributed by atoms with Crippen molar-refractivity contribution < 1.29 is 14.1 Å². The number of likely N-dealkylation sites (tertiary alicyclic amines) is 1. The third-order valence-electron chi connectivity index (χ3n) is 6.08. The zero-order valence-corrected chi connectivity index (χ0v) is 16.4. The van der Waals surface area contributed by atoms with Crippen LogP contribution in [0, 0.1) is 11.8 Å². The third kappa shape index (κ3) is 3.41. The lowest BCUT2D eigenvalue weighted by atomic mass is 9.99. The molecule has 0 spiro atoms. The van der Waals surface area contributed by atoms with Crippen LogP contribution in [0.3, 0.4) is 0 Å². The van der Waals surface area contributed by atoms with Gasteiger partial charge in [0.05, 0.1) is 6.20 Å². The molecule has 1 amide bonds. The summed E-state index contributed by atoms with van der Waals surface area (Å²) >= 11 is 0. The fourth-order valence-corrected chi connectivity index (χ4v) is 4.54.